The molecule has 1 aliphatic carbocycles. The standard InChI is InChI=1S/C8H13NO/c1-4-5(2)6(4)3-7-8(10)9-7/h4-7H,3H2,1-2H3,(H,9,10)/t4?,5?,6?,7-/m1/s1. The number of carbonyl (C=O) groups is 1. The van der Waals surface area contributed by atoms with Crippen LogP contribution in [0.15, 0.2) is 0 Å². The van der Waals surface area contributed by atoms with Gasteiger partial charge in [-0.2, -0.15) is 0 Å². The third-order valence-corrected chi connectivity index (χ3v) is 3.10. The Morgan fingerprint density at radius 2 is 1.90 bits per heavy atom. The van der Waals surface area contributed by atoms with Gasteiger partial charge in [0, 0.05) is 0 Å². The third-order valence-electron chi connectivity index (χ3n) is 3.10. The normalized spacial score (nSPS) is 50.4. The van der Waals surface area contributed by atoms with Gasteiger partial charge in [-0.1, -0.05) is 13.8 Å². The highest BCUT2D eigenvalue weighted by molar-refractivity contribution is 5.96. The molecule has 0 bridgehead atoms. The van der Waals surface area contributed by atoms with Crippen molar-refractivity contribution < 1.29 is 4.79 Å². The minimum absolute atomic E-state index is 0.234. The molecule has 3 atom stereocenters. The zero-order chi connectivity index (χ0) is 7.30. The Bertz CT molecular complexity index is 170. The van der Waals surface area contributed by atoms with E-state index in [1.807, 2.05) is 0 Å². The topological polar surface area (TPSA) is 39.0 Å². The van der Waals surface area contributed by atoms with E-state index in [2.05, 4.69) is 19.2 Å². The fraction of sp³-hybridized carbons (Fsp3) is 0.875. The van der Waals surface area contributed by atoms with Crippen LogP contribution in [-0.4, -0.2) is 11.9 Å². The first-order valence-corrected chi connectivity index (χ1v) is 4.00. The third kappa shape index (κ3) is 0.825. The van der Waals surface area contributed by atoms with Crippen LogP contribution in [0.4, 0.5) is 0 Å². The summed E-state index contributed by atoms with van der Waals surface area (Å²) in [6.07, 6.45) is 1.08. The second-order valence-corrected chi connectivity index (χ2v) is 3.68. The van der Waals surface area contributed by atoms with Crippen molar-refractivity contribution in [1.29, 1.82) is 0 Å². The van der Waals surface area contributed by atoms with Crippen molar-refractivity contribution in [3.8, 4) is 0 Å². The van der Waals surface area contributed by atoms with Gasteiger partial charge in [-0.3, -0.25) is 4.79 Å². The molecule has 1 saturated carbocycles. The molecule has 1 aliphatic heterocycles. The Labute approximate surface area is 61.0 Å². The number of nitrogens with one attached hydrogen (secondary N) is 1. The second kappa shape index (κ2) is 1.74. The quantitative estimate of drug-likeness (QED) is 0.564. The predicted octanol–water partition coefficient (Wildman–Crippen LogP) is 0.777. The van der Waals surface area contributed by atoms with E-state index in [1.165, 1.54) is 0 Å². The van der Waals surface area contributed by atoms with Crippen molar-refractivity contribution in [2.45, 2.75) is 26.3 Å². The Morgan fingerprint density at radius 1 is 1.40 bits per heavy atom. The molecule has 2 heteroatoms. The molecule has 10 heavy (non-hydrogen) atoms. The molecule has 2 nitrogen and oxygen atoms in total. The Kier molecular flexibility index (Phi) is 1.08. The molecular weight excluding hydrogens is 126 g/mol. The van der Waals surface area contributed by atoms with Gasteiger partial charge in [0.1, 0.15) is 6.04 Å². The zero-order valence-corrected chi connectivity index (χ0v) is 6.42. The lowest BCUT2D eigenvalue weighted by Crippen LogP contribution is -1.93. The van der Waals surface area contributed by atoms with E-state index < -0.39 is 0 Å². The molecule has 2 aliphatic rings. The summed E-state index contributed by atoms with van der Waals surface area (Å²) in [6, 6.07) is 0.234. The monoisotopic (exact) mass is 139 g/mol. The van der Waals surface area contributed by atoms with Crippen molar-refractivity contribution >= 4 is 5.91 Å². The summed E-state index contributed by atoms with van der Waals surface area (Å²) in [5.41, 5.74) is 0. The molecule has 1 N–H and O–H groups in total. The van der Waals surface area contributed by atoms with Gasteiger partial charge in [0.05, 0.1) is 0 Å². The first kappa shape index (κ1) is 6.20. The first-order chi connectivity index (χ1) is 4.70. The van der Waals surface area contributed by atoms with Crippen LogP contribution in [0.3, 0.4) is 0 Å². The van der Waals surface area contributed by atoms with Crippen LogP contribution >= 0.6 is 0 Å². The zero-order valence-electron chi connectivity index (χ0n) is 6.42. The van der Waals surface area contributed by atoms with Crippen molar-refractivity contribution in [2.24, 2.45) is 17.8 Å². The molecular formula is C8H13NO. The highest BCUT2D eigenvalue weighted by Gasteiger charge is 2.48. The highest BCUT2D eigenvalue weighted by Crippen LogP contribution is 2.48. The summed E-state index contributed by atoms with van der Waals surface area (Å²) >= 11 is 0. The number of rotatable bonds is 2. The van der Waals surface area contributed by atoms with E-state index in [0.29, 0.717) is 0 Å². The van der Waals surface area contributed by atoms with Crippen LogP contribution in [0.2, 0.25) is 0 Å². The number of carbonyl (C=O) groups excluding carboxylic acids is 1. The number of amides is 1. The summed E-state index contributed by atoms with van der Waals surface area (Å²) in [7, 11) is 0. The van der Waals surface area contributed by atoms with Crippen LogP contribution in [0.25, 0.3) is 0 Å². The molecule has 56 valence electrons. The van der Waals surface area contributed by atoms with Crippen LogP contribution in [-0.2, 0) is 4.79 Å². The largest absolute Gasteiger partial charge is 0.343 e. The van der Waals surface area contributed by atoms with Crippen molar-refractivity contribution in [3.05, 3.63) is 0 Å². The molecule has 2 fully saturated rings. The lowest BCUT2D eigenvalue weighted by molar-refractivity contribution is -0.111. The number of hydrogen-bond acceptors (Lipinski definition) is 1. The van der Waals surface area contributed by atoms with Gasteiger partial charge in [0.25, 0.3) is 0 Å². The Balaban J connectivity index is 1.78. The van der Waals surface area contributed by atoms with Gasteiger partial charge < -0.3 is 5.32 Å². The summed E-state index contributed by atoms with van der Waals surface area (Å²) in [5.74, 6) is 2.79. The van der Waals surface area contributed by atoms with Gasteiger partial charge in [0.2, 0.25) is 5.91 Å². The van der Waals surface area contributed by atoms with Crippen LogP contribution < -0.4 is 5.32 Å². The minimum atomic E-state index is 0.234. The molecule has 0 aromatic heterocycles. The van der Waals surface area contributed by atoms with E-state index >= 15 is 0 Å². The fourth-order valence-electron chi connectivity index (χ4n) is 1.76. The van der Waals surface area contributed by atoms with Gasteiger partial charge in [-0.15, -0.1) is 0 Å². The summed E-state index contributed by atoms with van der Waals surface area (Å²) in [6.45, 7) is 4.53. The van der Waals surface area contributed by atoms with Crippen LogP contribution in [0.1, 0.15) is 20.3 Å². The van der Waals surface area contributed by atoms with E-state index in [0.717, 1.165) is 24.2 Å². The summed E-state index contributed by atoms with van der Waals surface area (Å²) in [5, 5.41) is 2.81. The van der Waals surface area contributed by atoms with Gasteiger partial charge >= 0.3 is 0 Å². The number of hydrogen-bond donors (Lipinski definition) is 1. The maximum Gasteiger partial charge on any atom is 0.243 e. The predicted molar refractivity (Wildman–Crippen MR) is 38.4 cm³/mol. The summed E-state index contributed by atoms with van der Waals surface area (Å²) in [4.78, 5) is 10.6. The molecule has 0 radical (unpaired) electrons. The molecule has 2 unspecified atom stereocenters. The summed E-state index contributed by atoms with van der Waals surface area (Å²) < 4.78 is 0. The minimum Gasteiger partial charge on any atom is -0.343 e. The molecule has 1 heterocycles. The van der Waals surface area contributed by atoms with Crippen molar-refractivity contribution in [2.75, 3.05) is 0 Å². The van der Waals surface area contributed by atoms with E-state index in [-0.39, 0.29) is 11.9 Å². The molecule has 0 spiro atoms. The maximum atomic E-state index is 10.6. The highest BCUT2D eigenvalue weighted by atomic mass is 16.2. The SMILES string of the molecule is CC1C(C)C1C[C@H]1NC1=O. The molecule has 1 amide bonds. The fourth-order valence-corrected chi connectivity index (χ4v) is 1.76. The van der Waals surface area contributed by atoms with Crippen LogP contribution in [0, 0.1) is 17.8 Å². The average Bonchev–Trinajstić information content (AvgIpc) is 2.70. The van der Waals surface area contributed by atoms with Gasteiger partial charge in [0.15, 0.2) is 0 Å². The van der Waals surface area contributed by atoms with Crippen LogP contribution in [0.5, 0.6) is 0 Å². The smallest absolute Gasteiger partial charge is 0.243 e. The molecule has 0 aromatic carbocycles. The molecule has 2 rings (SSSR count). The Hall–Kier alpha value is -0.530. The lowest BCUT2D eigenvalue weighted by Gasteiger charge is -1.87. The van der Waals surface area contributed by atoms with Crippen molar-refractivity contribution in [1.82, 2.24) is 5.32 Å². The van der Waals surface area contributed by atoms with E-state index in [1.54, 1.807) is 0 Å². The second-order valence-electron chi connectivity index (χ2n) is 3.68. The average molecular weight is 139 g/mol. The lowest BCUT2D eigenvalue weighted by atomic mass is 10.2. The first-order valence-electron chi connectivity index (χ1n) is 4.00. The van der Waals surface area contributed by atoms with E-state index in [4.69, 9.17) is 0 Å². The molecule has 0 aromatic rings. The van der Waals surface area contributed by atoms with E-state index in [9.17, 15) is 4.79 Å². The molecule has 1 saturated heterocycles. The Morgan fingerprint density at radius 3 is 2.20 bits per heavy atom. The van der Waals surface area contributed by atoms with Gasteiger partial charge in [-0.05, 0) is 24.2 Å². The maximum absolute atomic E-state index is 10.6. The van der Waals surface area contributed by atoms with Gasteiger partial charge in [-0.25, -0.2) is 0 Å². The van der Waals surface area contributed by atoms with Crippen molar-refractivity contribution in [3.63, 3.8) is 0 Å².